The minimum atomic E-state index is 0.859. The maximum Gasteiger partial charge on any atom is 0.136 e. The highest BCUT2D eigenvalue weighted by Gasteiger charge is 2.30. The first-order valence-electron chi connectivity index (χ1n) is 45.4. The lowest BCUT2D eigenvalue weighted by Crippen LogP contribution is -1.98. The summed E-state index contributed by atoms with van der Waals surface area (Å²) in [4.78, 5) is 5.16. The summed E-state index contributed by atoms with van der Waals surface area (Å²) in [5.74, 6) is 0. The molecule has 6 heterocycles. The van der Waals surface area contributed by atoms with Crippen LogP contribution in [-0.4, -0.2) is 54.1 Å². The van der Waals surface area contributed by atoms with Crippen LogP contribution in [0.2, 0.25) is 0 Å². The molecule has 0 unspecified atom stereocenters. The maximum atomic E-state index is 6.23. The second kappa shape index (κ2) is 29.7. The number of nitrogens with zero attached hydrogens (tertiary/aromatic N) is 11. The number of hydrogen-bond acceptors (Lipinski definition) is 7. The summed E-state index contributed by atoms with van der Waals surface area (Å²) in [7, 11) is 0. The number of hydrogen-bond donors (Lipinski definition) is 0. The van der Waals surface area contributed by atoms with Crippen molar-refractivity contribution in [1.29, 1.82) is 0 Å². The van der Waals surface area contributed by atoms with E-state index in [9.17, 15) is 0 Å². The Morgan fingerprint density at radius 3 is 1.14 bits per heavy atom. The third-order valence-corrected chi connectivity index (χ3v) is 27.4. The van der Waals surface area contributed by atoms with Crippen molar-refractivity contribution in [2.75, 3.05) is 0 Å². The quantitative estimate of drug-likeness (QED) is 0.141. The Morgan fingerprint density at radius 1 is 0.172 bits per heavy atom. The van der Waals surface area contributed by atoms with Gasteiger partial charge >= 0.3 is 0 Å². The number of para-hydroxylation sites is 4. The zero-order chi connectivity index (χ0) is 87.7. The molecule has 12 nitrogen and oxygen atoms in total. The standard InChI is InChI=1S/2C44H26N4.C34H21N3O/c1-2-11-31(12-3-1)48-45-38-23-21-27-19-20-30(26-37(27)44(38)46-48)29-10-6-13-32(25-29)47-39-18-8-17-36-34-15-5-4-14-33(34)35-16-7-9-28-22-24-40(47)43(41(28)35)42(36)39;1-2-13-31(14-3-1)48-45-37-22-20-30(25-38(37)46-48)36-24-28-10-4-5-11-29(28)26-41(36)47-39-19-9-18-35-33-16-7-6-15-32(33)34-17-8-12-27-21-23-40(47)44(42(27)34)43(35)39;1-2-11-25(12-3-1)37-35-30-18-17-24(21-31(30)36-37)28-19-22-9-4-5-10-23(22)20-29(28)26-14-8-16-33-34(26)27-13-6-7-15-32(27)38-33/h2*1-26H;1-21H. The fraction of sp³-hybridized carbons (Fsp3) is 0. The molecule has 30 rings (SSSR count). The molecule has 0 atom stereocenters. The highest BCUT2D eigenvalue weighted by atomic mass is 16.3. The summed E-state index contributed by atoms with van der Waals surface area (Å²) in [5.41, 5.74) is 36.4. The summed E-state index contributed by atoms with van der Waals surface area (Å²) in [5, 5.41) is 48.7. The van der Waals surface area contributed by atoms with Gasteiger partial charge in [0.25, 0.3) is 0 Å². The lowest BCUT2D eigenvalue weighted by atomic mass is 9.89. The van der Waals surface area contributed by atoms with E-state index >= 15 is 0 Å². The van der Waals surface area contributed by atoms with Gasteiger partial charge in [0.1, 0.15) is 44.3 Å². The Kier molecular flexibility index (Phi) is 16.5. The molecule has 0 spiro atoms. The van der Waals surface area contributed by atoms with Gasteiger partial charge in [-0.05, 0) is 278 Å². The molecule has 2 aliphatic rings. The Hall–Kier alpha value is -18.3. The Bertz CT molecular complexity index is 9800. The average molecular weight is 1710 g/mol. The summed E-state index contributed by atoms with van der Waals surface area (Å²) in [6.45, 7) is 0. The molecule has 0 saturated heterocycles. The van der Waals surface area contributed by atoms with Crippen molar-refractivity contribution < 1.29 is 4.42 Å². The van der Waals surface area contributed by atoms with Crippen LogP contribution < -0.4 is 0 Å². The maximum absolute atomic E-state index is 6.23. The van der Waals surface area contributed by atoms with Gasteiger partial charge in [-0.3, -0.25) is 0 Å². The molecule has 0 saturated carbocycles. The van der Waals surface area contributed by atoms with Crippen molar-refractivity contribution in [3.8, 4) is 117 Å². The average Bonchev–Trinajstić information content (AvgIpc) is 1.54. The minimum absolute atomic E-state index is 0.859. The summed E-state index contributed by atoms with van der Waals surface area (Å²) >= 11 is 0. The van der Waals surface area contributed by atoms with E-state index in [0.717, 1.165) is 139 Å². The molecule has 2 aliphatic carbocycles. The van der Waals surface area contributed by atoms with E-state index < -0.39 is 0 Å². The SMILES string of the molecule is c1ccc(-n2nc3ccc(-c4cc5ccccc5cc4-c4cccc5oc6ccccc6c45)cc3n2)cc1.c1ccc(-n2nc3ccc(-c4cc5ccccc5cc4-n4c5cccc6c5c5c7c(cccc7ccc54)-c4ccccc4-6)cc3n2)cc1.c1ccc(-n2nc3ccc4ccc(-c5cccc(-n6c7cccc8c7c7c9c(cccc9ccc76)-c6ccccc6-8)c5)cc4c3n2)cc1. The highest BCUT2D eigenvalue weighted by molar-refractivity contribution is 6.32. The Labute approximate surface area is 766 Å². The van der Waals surface area contributed by atoms with Crippen molar-refractivity contribution in [3.05, 3.63) is 443 Å². The zero-order valence-corrected chi connectivity index (χ0v) is 72.0. The molecule has 28 aromatic rings. The molecule has 0 radical (unpaired) electrons. The van der Waals surface area contributed by atoms with Gasteiger partial charge < -0.3 is 13.6 Å². The smallest absolute Gasteiger partial charge is 0.136 e. The molecule has 0 aliphatic heterocycles. The number of aromatic nitrogens is 11. The molecular formula is C122H73N11O. The monoisotopic (exact) mass is 1710 g/mol. The van der Waals surface area contributed by atoms with Gasteiger partial charge in [-0.2, -0.15) is 14.4 Å². The number of furan rings is 1. The second-order valence-electron chi connectivity index (χ2n) is 34.9. The molecule has 0 bridgehead atoms. The first-order valence-corrected chi connectivity index (χ1v) is 45.4. The van der Waals surface area contributed by atoms with E-state index in [1.165, 1.54) is 131 Å². The minimum Gasteiger partial charge on any atom is -0.456 e. The van der Waals surface area contributed by atoms with Gasteiger partial charge in [-0.15, -0.1) is 30.6 Å². The molecule has 0 fully saturated rings. The molecule has 0 N–H and O–H groups in total. The highest BCUT2D eigenvalue weighted by Crippen LogP contribution is 2.54. The van der Waals surface area contributed by atoms with Gasteiger partial charge in [0, 0.05) is 49.0 Å². The van der Waals surface area contributed by atoms with Crippen LogP contribution in [0.4, 0.5) is 0 Å². The largest absolute Gasteiger partial charge is 0.456 e. The van der Waals surface area contributed by atoms with Crippen molar-refractivity contribution >= 4 is 153 Å². The number of fused-ring (bicyclic) bond motifs is 16. The lowest BCUT2D eigenvalue weighted by Gasteiger charge is -2.17. The Balaban J connectivity index is 0.000000101. The van der Waals surface area contributed by atoms with Crippen LogP contribution in [-0.2, 0) is 0 Å². The van der Waals surface area contributed by atoms with Crippen molar-refractivity contribution in [2.45, 2.75) is 0 Å². The van der Waals surface area contributed by atoms with E-state index in [2.05, 4.69) is 343 Å². The topological polar surface area (TPSA) is 115 Å². The van der Waals surface area contributed by atoms with E-state index in [-0.39, 0.29) is 0 Å². The van der Waals surface area contributed by atoms with Crippen LogP contribution in [0.3, 0.4) is 0 Å². The van der Waals surface area contributed by atoms with Crippen LogP contribution in [0.25, 0.3) is 270 Å². The predicted octanol–water partition coefficient (Wildman–Crippen LogP) is 31.1. The molecule has 622 valence electrons. The number of benzene rings is 22. The first-order chi connectivity index (χ1) is 66.4. The van der Waals surface area contributed by atoms with Gasteiger partial charge in [-0.25, -0.2) is 0 Å². The first kappa shape index (κ1) is 74.8. The third-order valence-electron chi connectivity index (χ3n) is 27.4. The van der Waals surface area contributed by atoms with Crippen molar-refractivity contribution in [2.24, 2.45) is 0 Å². The van der Waals surface area contributed by atoms with E-state index in [1.54, 1.807) is 14.4 Å². The molecule has 6 aromatic heterocycles. The zero-order valence-electron chi connectivity index (χ0n) is 72.0. The fourth-order valence-corrected chi connectivity index (χ4v) is 21.4. The molecule has 134 heavy (non-hydrogen) atoms. The molecular weight excluding hydrogens is 1640 g/mol. The van der Waals surface area contributed by atoms with Crippen LogP contribution >= 0.6 is 0 Å². The molecule has 0 amide bonds. The van der Waals surface area contributed by atoms with Crippen molar-refractivity contribution in [3.63, 3.8) is 0 Å². The summed E-state index contributed by atoms with van der Waals surface area (Å²) in [6, 6.07) is 158. The third kappa shape index (κ3) is 11.8. The van der Waals surface area contributed by atoms with E-state index in [0.29, 0.717) is 0 Å². The van der Waals surface area contributed by atoms with Crippen LogP contribution in [0.5, 0.6) is 0 Å². The van der Waals surface area contributed by atoms with Crippen molar-refractivity contribution in [1.82, 2.24) is 54.1 Å². The summed E-state index contributed by atoms with van der Waals surface area (Å²) in [6.07, 6.45) is 0. The van der Waals surface area contributed by atoms with E-state index in [4.69, 9.17) is 35.0 Å². The predicted molar refractivity (Wildman–Crippen MR) is 551 cm³/mol. The van der Waals surface area contributed by atoms with Crippen LogP contribution in [0.1, 0.15) is 0 Å². The van der Waals surface area contributed by atoms with Gasteiger partial charge in [0.2, 0.25) is 0 Å². The summed E-state index contributed by atoms with van der Waals surface area (Å²) < 4.78 is 11.2. The van der Waals surface area contributed by atoms with Crippen LogP contribution in [0.15, 0.2) is 447 Å². The second-order valence-corrected chi connectivity index (χ2v) is 34.9. The Morgan fingerprint density at radius 2 is 0.552 bits per heavy atom. The number of rotatable bonds is 9. The molecule has 12 heteroatoms. The normalized spacial score (nSPS) is 12.0. The van der Waals surface area contributed by atoms with Crippen LogP contribution in [0, 0.1) is 0 Å². The van der Waals surface area contributed by atoms with E-state index in [1.807, 2.05) is 109 Å². The van der Waals surface area contributed by atoms with Gasteiger partial charge in [0.05, 0.1) is 44.8 Å². The van der Waals surface area contributed by atoms with Gasteiger partial charge in [0.15, 0.2) is 0 Å². The molecule has 22 aromatic carbocycles. The fourth-order valence-electron chi connectivity index (χ4n) is 21.4. The lowest BCUT2D eigenvalue weighted by molar-refractivity contribution is 0.669. The van der Waals surface area contributed by atoms with Gasteiger partial charge in [-0.1, -0.05) is 297 Å².